The van der Waals surface area contributed by atoms with Gasteiger partial charge in [0.15, 0.2) is 9.84 Å². The van der Waals surface area contributed by atoms with Crippen LogP contribution in [-0.4, -0.2) is 74.0 Å². The number of para-hydroxylation sites is 1. The number of carbonyl (C=O) groups excluding carboxylic acids is 1. The molecule has 1 aromatic heterocycles. The average Bonchev–Trinajstić information content (AvgIpc) is 2.96. The highest BCUT2D eigenvalue weighted by Gasteiger charge is 2.38. The van der Waals surface area contributed by atoms with Gasteiger partial charge in [-0.1, -0.05) is 12.1 Å². The summed E-state index contributed by atoms with van der Waals surface area (Å²) < 4.78 is 111. The van der Waals surface area contributed by atoms with Crippen molar-refractivity contribution in [3.8, 4) is 17.0 Å². The number of halogens is 6. The molecule has 1 saturated heterocycles. The maximum atomic E-state index is 14.2. The van der Waals surface area contributed by atoms with Gasteiger partial charge in [0.2, 0.25) is 5.95 Å². The fraction of sp³-hybridized carbons (Fsp3) is 0.393. The zero-order valence-corrected chi connectivity index (χ0v) is 24.1. The first-order valence-corrected chi connectivity index (χ1v) is 15.3. The lowest BCUT2D eigenvalue weighted by atomic mass is 10.0. The van der Waals surface area contributed by atoms with E-state index in [2.05, 4.69) is 15.3 Å². The van der Waals surface area contributed by atoms with Gasteiger partial charge < -0.3 is 19.9 Å². The van der Waals surface area contributed by atoms with Gasteiger partial charge in [-0.2, -0.15) is 31.3 Å². The maximum absolute atomic E-state index is 14.2. The van der Waals surface area contributed by atoms with E-state index in [9.17, 15) is 39.6 Å². The number of nitrogens with one attached hydrogen (secondary N) is 1. The number of ether oxygens (including phenoxy) is 1. The van der Waals surface area contributed by atoms with Gasteiger partial charge in [-0.05, 0) is 42.3 Å². The topological polar surface area (TPSA) is 105 Å². The minimum absolute atomic E-state index is 0.0139. The molecule has 0 bridgehead atoms. The van der Waals surface area contributed by atoms with E-state index in [-0.39, 0.29) is 72.3 Å². The number of sulfone groups is 1. The van der Waals surface area contributed by atoms with E-state index in [0.29, 0.717) is 29.9 Å². The van der Waals surface area contributed by atoms with Gasteiger partial charge in [-0.3, -0.25) is 4.79 Å². The normalized spacial score (nSPS) is 17.4. The van der Waals surface area contributed by atoms with Crippen LogP contribution in [0.15, 0.2) is 42.5 Å². The summed E-state index contributed by atoms with van der Waals surface area (Å²) in [6.07, 6.45) is -9.77. The van der Waals surface area contributed by atoms with Crippen LogP contribution in [0.4, 0.5) is 38.1 Å². The van der Waals surface area contributed by atoms with Gasteiger partial charge in [-0.25, -0.2) is 13.4 Å². The summed E-state index contributed by atoms with van der Waals surface area (Å²) >= 11 is 0. The van der Waals surface area contributed by atoms with Crippen molar-refractivity contribution >= 4 is 27.5 Å². The second-order valence-corrected chi connectivity index (χ2v) is 12.7. The van der Waals surface area contributed by atoms with Gasteiger partial charge in [0.05, 0.1) is 35.4 Å². The minimum atomic E-state index is -5.04. The molecule has 0 radical (unpaired) electrons. The number of carbonyl (C=O) groups is 1. The molecule has 1 fully saturated rings. The van der Waals surface area contributed by atoms with E-state index < -0.39 is 45.8 Å². The number of hydrogen-bond donors (Lipinski definition) is 1. The van der Waals surface area contributed by atoms with E-state index in [1.807, 2.05) is 0 Å². The van der Waals surface area contributed by atoms with Crippen molar-refractivity contribution < 1.29 is 44.3 Å². The fourth-order valence-corrected chi connectivity index (χ4v) is 6.29. The molecule has 0 unspecified atom stereocenters. The molecule has 3 heterocycles. The predicted octanol–water partition coefficient (Wildman–Crippen LogP) is 4.88. The Bertz CT molecular complexity index is 1630. The second kappa shape index (κ2) is 11.8. The van der Waals surface area contributed by atoms with Crippen molar-refractivity contribution in [2.45, 2.75) is 25.3 Å². The molecule has 9 nitrogen and oxygen atoms in total. The molecule has 5 rings (SSSR count). The van der Waals surface area contributed by atoms with Crippen LogP contribution in [-0.2, 0) is 28.7 Å². The number of nitrogens with zero attached hydrogens (tertiary/aromatic N) is 4. The Morgan fingerprint density at radius 2 is 1.57 bits per heavy atom. The largest absolute Gasteiger partial charge is 0.496 e. The van der Waals surface area contributed by atoms with Crippen molar-refractivity contribution in [2.24, 2.45) is 0 Å². The highest BCUT2D eigenvalue weighted by molar-refractivity contribution is 7.91. The molecule has 3 aromatic rings. The SMILES string of the molecule is COc1ccccc1-c1nc(N2CCS(=O)(=O)CC2)nc2c1C(=O)N(Cc1cc(C(F)(F)F)cc(C(F)(F)F)c1)CCCN2. The number of anilines is 2. The summed E-state index contributed by atoms with van der Waals surface area (Å²) in [7, 11) is -1.81. The lowest BCUT2D eigenvalue weighted by Gasteiger charge is -2.31. The molecular weight excluding hydrogens is 616 g/mol. The number of benzene rings is 2. The second-order valence-electron chi connectivity index (χ2n) is 10.4. The van der Waals surface area contributed by atoms with Gasteiger partial charge in [0.1, 0.15) is 17.1 Å². The lowest BCUT2D eigenvalue weighted by Crippen LogP contribution is -2.41. The molecule has 0 atom stereocenters. The molecule has 2 aliphatic rings. The molecular formula is C28H27F6N5O4S. The molecule has 2 aliphatic heterocycles. The van der Waals surface area contributed by atoms with Crippen LogP contribution in [0.1, 0.15) is 33.5 Å². The van der Waals surface area contributed by atoms with Crippen molar-refractivity contribution in [3.63, 3.8) is 0 Å². The first-order valence-electron chi connectivity index (χ1n) is 13.5. The Morgan fingerprint density at radius 1 is 0.932 bits per heavy atom. The molecule has 236 valence electrons. The summed E-state index contributed by atoms with van der Waals surface area (Å²) in [5.74, 6) is -0.358. The fourth-order valence-electron chi connectivity index (χ4n) is 5.09. The number of methoxy groups -OCH3 is 1. The molecule has 0 saturated carbocycles. The third-order valence-corrected chi connectivity index (χ3v) is 8.91. The Kier molecular flexibility index (Phi) is 8.39. The van der Waals surface area contributed by atoms with Crippen LogP contribution >= 0.6 is 0 Å². The van der Waals surface area contributed by atoms with Gasteiger partial charge in [-0.15, -0.1) is 0 Å². The van der Waals surface area contributed by atoms with E-state index >= 15 is 0 Å². The van der Waals surface area contributed by atoms with Crippen LogP contribution in [0.25, 0.3) is 11.3 Å². The first kappa shape index (κ1) is 31.3. The third-order valence-electron chi connectivity index (χ3n) is 7.31. The van der Waals surface area contributed by atoms with Crippen molar-refractivity contribution in [1.82, 2.24) is 14.9 Å². The molecule has 1 amide bonds. The van der Waals surface area contributed by atoms with Crippen molar-refractivity contribution in [3.05, 3.63) is 64.7 Å². The van der Waals surface area contributed by atoms with Gasteiger partial charge in [0.25, 0.3) is 5.91 Å². The van der Waals surface area contributed by atoms with E-state index in [1.54, 1.807) is 29.2 Å². The average molecular weight is 644 g/mol. The molecule has 1 N–H and O–H groups in total. The van der Waals surface area contributed by atoms with E-state index in [1.165, 1.54) is 12.0 Å². The first-order chi connectivity index (χ1) is 20.7. The summed E-state index contributed by atoms with van der Waals surface area (Å²) in [6.45, 7) is -0.0288. The smallest absolute Gasteiger partial charge is 0.416 e. The Balaban J connectivity index is 1.62. The van der Waals surface area contributed by atoms with Crippen LogP contribution in [0.3, 0.4) is 0 Å². The molecule has 16 heteroatoms. The number of alkyl halides is 6. The molecule has 44 heavy (non-hydrogen) atoms. The predicted molar refractivity (Wildman–Crippen MR) is 149 cm³/mol. The standard InChI is InChI=1S/C28H27F6N5O4S/c1-43-21-6-3-2-5-20(21)23-22-24(37-26(36-23)38-9-11-44(41,42)12-10-38)35-7-4-8-39(25(22)40)16-17-13-18(27(29,30)31)15-19(14-17)28(32,33)34/h2-3,5-6,13-15H,4,7-12,16H2,1H3,(H,35,36,37). The Morgan fingerprint density at radius 3 is 2.18 bits per heavy atom. The zero-order chi connectivity index (χ0) is 31.9. The summed E-state index contributed by atoms with van der Waals surface area (Å²) in [4.78, 5) is 26.2. The number of rotatable bonds is 5. The highest BCUT2D eigenvalue weighted by atomic mass is 32.2. The summed E-state index contributed by atoms with van der Waals surface area (Å²) in [6, 6.07) is 7.90. The van der Waals surface area contributed by atoms with Crippen LogP contribution in [0.5, 0.6) is 5.75 Å². The summed E-state index contributed by atoms with van der Waals surface area (Å²) in [5, 5.41) is 3.10. The van der Waals surface area contributed by atoms with Gasteiger partial charge in [0, 0.05) is 38.3 Å². The Labute approximate surface area is 248 Å². The monoisotopic (exact) mass is 643 g/mol. The van der Waals surface area contributed by atoms with Crippen LogP contribution in [0, 0.1) is 0 Å². The van der Waals surface area contributed by atoms with Crippen LogP contribution in [0.2, 0.25) is 0 Å². The molecule has 2 aromatic carbocycles. The number of amides is 1. The lowest BCUT2D eigenvalue weighted by molar-refractivity contribution is -0.143. The van der Waals surface area contributed by atoms with E-state index in [4.69, 9.17) is 4.74 Å². The Hall–Kier alpha value is -4.08. The number of hydrogen-bond acceptors (Lipinski definition) is 8. The quantitative estimate of drug-likeness (QED) is 0.393. The van der Waals surface area contributed by atoms with Crippen molar-refractivity contribution in [2.75, 3.05) is 55.0 Å². The van der Waals surface area contributed by atoms with Crippen LogP contribution < -0.4 is 15.0 Å². The van der Waals surface area contributed by atoms with Crippen molar-refractivity contribution in [1.29, 1.82) is 0 Å². The van der Waals surface area contributed by atoms with Gasteiger partial charge >= 0.3 is 12.4 Å². The minimum Gasteiger partial charge on any atom is -0.496 e. The highest BCUT2D eigenvalue weighted by Crippen LogP contribution is 2.39. The summed E-state index contributed by atoms with van der Waals surface area (Å²) in [5.41, 5.74) is -2.86. The third kappa shape index (κ3) is 6.69. The maximum Gasteiger partial charge on any atom is 0.416 e. The number of aromatic nitrogens is 2. The molecule has 0 aliphatic carbocycles. The number of fused-ring (bicyclic) bond motifs is 1. The zero-order valence-electron chi connectivity index (χ0n) is 23.3. The van der Waals surface area contributed by atoms with E-state index in [0.717, 1.165) is 0 Å². The molecule has 0 spiro atoms.